The van der Waals surface area contributed by atoms with E-state index in [1.54, 1.807) is 0 Å². The normalized spacial score (nSPS) is 31.4. The third-order valence-corrected chi connectivity index (χ3v) is 5.57. The second-order valence-electron chi connectivity index (χ2n) is 4.25. The van der Waals surface area contributed by atoms with Crippen molar-refractivity contribution in [1.29, 1.82) is 0 Å². The lowest BCUT2D eigenvalue weighted by Crippen LogP contribution is -2.36. The highest BCUT2D eigenvalue weighted by Crippen LogP contribution is 2.28. The van der Waals surface area contributed by atoms with Gasteiger partial charge in [0.15, 0.2) is 0 Å². The molecule has 2 aliphatic rings. The predicted molar refractivity (Wildman–Crippen MR) is 53.4 cm³/mol. The lowest BCUT2D eigenvalue weighted by Gasteiger charge is -2.20. The molecular weight excluding hydrogens is 202 g/mol. The molecule has 0 amide bonds. The molecule has 1 heterocycles. The standard InChI is InChI=1S/C9H17NO3S/c11-8-5-6-10(7-8)14(12,13)9-3-1-2-4-9/h8-9,11H,1-7H2/t8-/m1/s1. The quantitative estimate of drug-likeness (QED) is 0.728. The zero-order valence-corrected chi connectivity index (χ0v) is 9.04. The van der Waals surface area contributed by atoms with Gasteiger partial charge >= 0.3 is 0 Å². The first kappa shape index (κ1) is 10.4. The Hall–Kier alpha value is -0.130. The zero-order valence-electron chi connectivity index (χ0n) is 8.22. The number of hydrogen-bond acceptors (Lipinski definition) is 3. The highest BCUT2D eigenvalue weighted by Gasteiger charge is 2.37. The Kier molecular flexibility index (Phi) is 2.81. The Bertz CT molecular complexity index is 295. The summed E-state index contributed by atoms with van der Waals surface area (Å²) in [5.74, 6) is 0. The Morgan fingerprint density at radius 2 is 1.79 bits per heavy atom. The fourth-order valence-corrected chi connectivity index (χ4v) is 4.43. The van der Waals surface area contributed by atoms with Crippen molar-refractivity contribution in [2.75, 3.05) is 13.1 Å². The topological polar surface area (TPSA) is 57.6 Å². The van der Waals surface area contributed by atoms with E-state index >= 15 is 0 Å². The molecule has 0 bridgehead atoms. The fourth-order valence-electron chi connectivity index (χ4n) is 2.34. The van der Waals surface area contributed by atoms with Crippen LogP contribution in [0.25, 0.3) is 0 Å². The molecular formula is C9H17NO3S. The smallest absolute Gasteiger partial charge is 0.217 e. The summed E-state index contributed by atoms with van der Waals surface area (Å²) in [5, 5.41) is 9.13. The van der Waals surface area contributed by atoms with Crippen LogP contribution in [0.1, 0.15) is 32.1 Å². The summed E-state index contributed by atoms with van der Waals surface area (Å²) in [4.78, 5) is 0. The van der Waals surface area contributed by atoms with Gasteiger partial charge in [-0.2, -0.15) is 4.31 Å². The maximum Gasteiger partial charge on any atom is 0.217 e. The molecule has 14 heavy (non-hydrogen) atoms. The maximum atomic E-state index is 12.0. The minimum Gasteiger partial charge on any atom is -0.392 e. The molecule has 5 heteroatoms. The highest BCUT2D eigenvalue weighted by molar-refractivity contribution is 7.89. The van der Waals surface area contributed by atoms with Crippen molar-refractivity contribution in [3.05, 3.63) is 0 Å². The average Bonchev–Trinajstić information content (AvgIpc) is 2.72. The minimum absolute atomic E-state index is 0.173. The number of hydrogen-bond donors (Lipinski definition) is 1. The number of aliphatic hydroxyl groups excluding tert-OH is 1. The molecule has 0 radical (unpaired) electrons. The first-order chi connectivity index (χ1) is 6.60. The second kappa shape index (κ2) is 3.79. The van der Waals surface area contributed by atoms with E-state index in [0.717, 1.165) is 25.7 Å². The largest absolute Gasteiger partial charge is 0.392 e. The van der Waals surface area contributed by atoms with Crippen molar-refractivity contribution in [2.24, 2.45) is 0 Å². The molecule has 2 fully saturated rings. The molecule has 1 saturated heterocycles. The summed E-state index contributed by atoms with van der Waals surface area (Å²) < 4.78 is 25.5. The number of β-amino-alcohol motifs (C(OH)–C–C–N with tert-alkyl or cyclic N) is 1. The molecule has 0 unspecified atom stereocenters. The Balaban J connectivity index is 2.07. The number of sulfonamides is 1. The summed E-state index contributed by atoms with van der Waals surface area (Å²) in [6, 6.07) is 0. The van der Waals surface area contributed by atoms with Gasteiger partial charge in [0, 0.05) is 13.1 Å². The van der Waals surface area contributed by atoms with E-state index in [1.807, 2.05) is 0 Å². The molecule has 1 N–H and O–H groups in total. The van der Waals surface area contributed by atoms with Crippen molar-refractivity contribution >= 4 is 10.0 Å². The first-order valence-electron chi connectivity index (χ1n) is 5.28. The Morgan fingerprint density at radius 1 is 1.14 bits per heavy atom. The van der Waals surface area contributed by atoms with Crippen LogP contribution >= 0.6 is 0 Å². The molecule has 1 saturated carbocycles. The van der Waals surface area contributed by atoms with Crippen molar-refractivity contribution in [3.8, 4) is 0 Å². The van der Waals surface area contributed by atoms with Crippen molar-refractivity contribution in [1.82, 2.24) is 4.31 Å². The average molecular weight is 219 g/mol. The van der Waals surface area contributed by atoms with Crippen LogP contribution in [-0.4, -0.2) is 42.3 Å². The highest BCUT2D eigenvalue weighted by atomic mass is 32.2. The Labute approximate surface area is 85.0 Å². The third-order valence-electron chi connectivity index (χ3n) is 3.21. The monoisotopic (exact) mass is 219 g/mol. The van der Waals surface area contributed by atoms with Crippen LogP contribution in [0.5, 0.6) is 0 Å². The van der Waals surface area contributed by atoms with E-state index < -0.39 is 16.1 Å². The van der Waals surface area contributed by atoms with Gasteiger partial charge in [-0.3, -0.25) is 0 Å². The maximum absolute atomic E-state index is 12.0. The third kappa shape index (κ3) is 1.81. The fraction of sp³-hybridized carbons (Fsp3) is 1.00. The summed E-state index contributed by atoms with van der Waals surface area (Å²) in [6.07, 6.45) is 3.79. The molecule has 0 spiro atoms. The molecule has 4 nitrogen and oxygen atoms in total. The van der Waals surface area contributed by atoms with E-state index in [2.05, 4.69) is 0 Å². The molecule has 1 aliphatic carbocycles. The van der Waals surface area contributed by atoms with Crippen molar-refractivity contribution in [3.63, 3.8) is 0 Å². The van der Waals surface area contributed by atoms with Crippen molar-refractivity contribution in [2.45, 2.75) is 43.5 Å². The molecule has 1 aliphatic heterocycles. The number of rotatable bonds is 2. The van der Waals surface area contributed by atoms with Gasteiger partial charge in [-0.25, -0.2) is 8.42 Å². The zero-order chi connectivity index (χ0) is 10.2. The summed E-state index contributed by atoms with van der Waals surface area (Å²) in [5.41, 5.74) is 0. The molecule has 82 valence electrons. The lowest BCUT2D eigenvalue weighted by molar-refractivity contribution is 0.189. The van der Waals surface area contributed by atoms with Gasteiger partial charge in [-0.05, 0) is 19.3 Å². The predicted octanol–water partition coefficient (Wildman–Crippen LogP) is 0.325. The van der Waals surface area contributed by atoms with E-state index in [-0.39, 0.29) is 5.25 Å². The van der Waals surface area contributed by atoms with E-state index in [9.17, 15) is 13.5 Å². The first-order valence-corrected chi connectivity index (χ1v) is 6.78. The van der Waals surface area contributed by atoms with E-state index in [4.69, 9.17) is 0 Å². The molecule has 1 atom stereocenters. The Morgan fingerprint density at radius 3 is 2.29 bits per heavy atom. The van der Waals surface area contributed by atoms with Crippen LogP contribution in [0.3, 0.4) is 0 Å². The number of aliphatic hydroxyl groups is 1. The van der Waals surface area contributed by atoms with E-state index in [0.29, 0.717) is 19.5 Å². The van der Waals surface area contributed by atoms with Crippen LogP contribution in [-0.2, 0) is 10.0 Å². The van der Waals surface area contributed by atoms with Crippen LogP contribution in [0.2, 0.25) is 0 Å². The van der Waals surface area contributed by atoms with Gasteiger partial charge in [-0.15, -0.1) is 0 Å². The second-order valence-corrected chi connectivity index (χ2v) is 6.46. The van der Waals surface area contributed by atoms with Gasteiger partial charge in [0.2, 0.25) is 10.0 Å². The molecule has 2 rings (SSSR count). The molecule has 0 aromatic rings. The number of nitrogens with zero attached hydrogens (tertiary/aromatic N) is 1. The van der Waals surface area contributed by atoms with Crippen molar-refractivity contribution < 1.29 is 13.5 Å². The van der Waals surface area contributed by atoms with Gasteiger partial charge in [0.1, 0.15) is 0 Å². The van der Waals surface area contributed by atoms with Gasteiger partial charge < -0.3 is 5.11 Å². The van der Waals surface area contributed by atoms with Crippen LogP contribution in [0, 0.1) is 0 Å². The lowest BCUT2D eigenvalue weighted by atomic mass is 10.3. The van der Waals surface area contributed by atoms with Gasteiger partial charge in [0.25, 0.3) is 0 Å². The van der Waals surface area contributed by atoms with Crippen LogP contribution < -0.4 is 0 Å². The molecule has 0 aromatic carbocycles. The summed E-state index contributed by atoms with van der Waals surface area (Å²) in [6.45, 7) is 0.804. The molecule has 0 aromatic heterocycles. The SMILES string of the molecule is O=S(=O)(C1CCCC1)N1CC[C@@H](O)C1. The summed E-state index contributed by atoms with van der Waals surface area (Å²) >= 11 is 0. The van der Waals surface area contributed by atoms with E-state index in [1.165, 1.54) is 4.31 Å². The van der Waals surface area contributed by atoms with Crippen LogP contribution in [0.15, 0.2) is 0 Å². The minimum atomic E-state index is -3.10. The van der Waals surface area contributed by atoms with Crippen LogP contribution in [0.4, 0.5) is 0 Å². The summed E-state index contributed by atoms with van der Waals surface area (Å²) in [7, 11) is -3.10. The van der Waals surface area contributed by atoms with Gasteiger partial charge in [0.05, 0.1) is 11.4 Å². The van der Waals surface area contributed by atoms with Gasteiger partial charge in [-0.1, -0.05) is 12.8 Å².